The van der Waals surface area contributed by atoms with Gasteiger partial charge in [0.2, 0.25) is 5.91 Å². The summed E-state index contributed by atoms with van der Waals surface area (Å²) in [4.78, 5) is 49.3. The fourth-order valence-corrected chi connectivity index (χ4v) is 11.0. The van der Waals surface area contributed by atoms with Gasteiger partial charge >= 0.3 is 0 Å². The van der Waals surface area contributed by atoms with Crippen molar-refractivity contribution in [3.05, 3.63) is 65.0 Å². The van der Waals surface area contributed by atoms with Gasteiger partial charge in [0, 0.05) is 87.3 Å². The highest BCUT2D eigenvalue weighted by Gasteiger charge is 2.51. The molecule has 4 bridgehead atoms. The van der Waals surface area contributed by atoms with Crippen LogP contribution in [0.5, 0.6) is 0 Å². The molecule has 0 radical (unpaired) electrons. The molecule has 0 spiro atoms. The van der Waals surface area contributed by atoms with Crippen LogP contribution in [-0.2, 0) is 9.59 Å². The van der Waals surface area contributed by atoms with E-state index in [1.54, 1.807) is 6.20 Å². The number of ketones is 2. The van der Waals surface area contributed by atoms with Gasteiger partial charge in [0.25, 0.3) is 0 Å². The molecule has 4 saturated carbocycles. The van der Waals surface area contributed by atoms with Gasteiger partial charge in [-0.05, 0) is 137 Å². The lowest BCUT2D eigenvalue weighted by atomic mass is 9.49. The predicted molar refractivity (Wildman–Crippen MR) is 210 cm³/mol. The predicted octanol–water partition coefficient (Wildman–Crippen LogP) is 7.72. The third-order valence-electron chi connectivity index (χ3n) is 13.1. The maximum atomic E-state index is 13.8. The molecule has 5 fully saturated rings. The second-order valence-corrected chi connectivity index (χ2v) is 17.5. The highest BCUT2D eigenvalue weighted by molar-refractivity contribution is 6.09. The van der Waals surface area contributed by atoms with Gasteiger partial charge in [-0.2, -0.15) is 5.10 Å². The van der Waals surface area contributed by atoms with Crippen molar-refractivity contribution >= 4 is 34.2 Å². The Morgan fingerprint density at radius 1 is 0.943 bits per heavy atom. The summed E-state index contributed by atoms with van der Waals surface area (Å²) in [5, 5.41) is 8.77. The molecule has 3 heterocycles. The van der Waals surface area contributed by atoms with E-state index in [0.29, 0.717) is 23.8 Å². The van der Waals surface area contributed by atoms with E-state index in [4.69, 9.17) is 4.98 Å². The second-order valence-electron chi connectivity index (χ2n) is 17.5. The summed E-state index contributed by atoms with van der Waals surface area (Å²) in [5.41, 5.74) is 6.54. The lowest BCUT2D eigenvalue weighted by molar-refractivity contribution is -0.129. The quantitative estimate of drug-likeness (QED) is 0.192. The first kappa shape index (κ1) is 35.9. The molecule has 280 valence electrons. The van der Waals surface area contributed by atoms with Crippen molar-refractivity contribution in [1.82, 2.24) is 25.0 Å². The van der Waals surface area contributed by atoms with E-state index < -0.39 is 0 Å². The van der Waals surface area contributed by atoms with E-state index in [1.807, 2.05) is 30.8 Å². The minimum Gasteiger partial charge on any atom is -0.355 e. The normalized spacial score (nSPS) is 25.8. The van der Waals surface area contributed by atoms with Crippen LogP contribution in [0.2, 0.25) is 0 Å². The summed E-state index contributed by atoms with van der Waals surface area (Å²) in [7, 11) is 0. The summed E-state index contributed by atoms with van der Waals surface area (Å²) in [5.74, 6) is 3.99. The molecular formula is C44H56N6O3. The van der Waals surface area contributed by atoms with Gasteiger partial charge in [0.15, 0.2) is 11.6 Å². The summed E-state index contributed by atoms with van der Waals surface area (Å²) >= 11 is 0. The molecule has 53 heavy (non-hydrogen) atoms. The van der Waals surface area contributed by atoms with Crippen LogP contribution in [0.3, 0.4) is 0 Å². The Morgan fingerprint density at radius 3 is 2.30 bits per heavy atom. The highest BCUT2D eigenvalue weighted by atomic mass is 16.1. The van der Waals surface area contributed by atoms with Crippen LogP contribution in [0, 0.1) is 23.2 Å². The van der Waals surface area contributed by atoms with E-state index in [-0.39, 0.29) is 29.9 Å². The standard InChI is InChI=1S/C44H56N6O3/c1-28(2)50-39-21-35(20-37(38(39)27-47-50)40(51)7-6-36-30(4)15-29(3)16-41(36)52)34-5-8-42(46-26-34)49-13-11-48(12-14-49)10-9-45-43(53)25-44-22-31-17-32(23-44)19-33(18-31)24-44/h5,8,15,20-21,26-28,31-33H,6-7,9-14,16-19,22-25H2,1-4H3,(H,45,53). The SMILES string of the molecule is CC1=CC(C)=C(CCC(=O)c2cc(-c3ccc(N4CCN(CCNC(=O)CC56CC7CC(CC(C7)C5)C6)CC4)nc3)cc3c2cnn3C(C)C)C(=O)C1. The van der Waals surface area contributed by atoms with Crippen LogP contribution in [0.15, 0.2) is 59.5 Å². The number of amides is 1. The highest BCUT2D eigenvalue weighted by Crippen LogP contribution is 2.61. The van der Waals surface area contributed by atoms with Crippen molar-refractivity contribution in [3.63, 3.8) is 0 Å². The average molecular weight is 717 g/mol. The maximum absolute atomic E-state index is 13.8. The number of fused-ring (bicyclic) bond motifs is 1. The third kappa shape index (κ3) is 7.51. The van der Waals surface area contributed by atoms with Crippen LogP contribution < -0.4 is 10.2 Å². The molecule has 1 aromatic carbocycles. The number of hydrogen-bond acceptors (Lipinski definition) is 7. The van der Waals surface area contributed by atoms with Crippen molar-refractivity contribution < 1.29 is 14.4 Å². The van der Waals surface area contributed by atoms with E-state index in [2.05, 4.69) is 58.3 Å². The fourth-order valence-electron chi connectivity index (χ4n) is 11.0. The van der Waals surface area contributed by atoms with Crippen LogP contribution >= 0.6 is 0 Å². The number of rotatable bonds is 12. The molecule has 9 nitrogen and oxygen atoms in total. The van der Waals surface area contributed by atoms with Gasteiger partial charge in [0.05, 0.1) is 11.7 Å². The molecule has 0 unspecified atom stereocenters. The minimum absolute atomic E-state index is 0.0177. The van der Waals surface area contributed by atoms with Gasteiger partial charge in [-0.15, -0.1) is 0 Å². The molecule has 9 rings (SSSR count). The number of anilines is 1. The first-order chi connectivity index (χ1) is 25.5. The van der Waals surface area contributed by atoms with Crippen molar-refractivity contribution in [2.45, 2.75) is 97.9 Å². The Hall–Kier alpha value is -4.11. The lowest BCUT2D eigenvalue weighted by Crippen LogP contribution is -2.50. The topological polar surface area (TPSA) is 100 Å². The molecule has 1 saturated heterocycles. The summed E-state index contributed by atoms with van der Waals surface area (Å²) in [6.45, 7) is 13.4. The van der Waals surface area contributed by atoms with Crippen LogP contribution in [0.25, 0.3) is 22.0 Å². The minimum atomic E-state index is 0.0177. The first-order valence-electron chi connectivity index (χ1n) is 20.2. The second kappa shape index (κ2) is 14.6. The number of Topliss-reactive ketones (excluding diaryl/α,β-unsaturated/α-hetero) is 2. The molecule has 9 heteroatoms. The molecule has 3 aromatic rings. The van der Waals surface area contributed by atoms with Crippen LogP contribution in [0.1, 0.15) is 108 Å². The maximum Gasteiger partial charge on any atom is 0.220 e. The molecule has 2 aromatic heterocycles. The van der Waals surface area contributed by atoms with Crippen LogP contribution in [0.4, 0.5) is 5.82 Å². The molecule has 0 atom stereocenters. The van der Waals surface area contributed by atoms with E-state index in [1.165, 1.54) is 38.5 Å². The number of pyridine rings is 1. The molecule has 1 aliphatic heterocycles. The zero-order chi connectivity index (χ0) is 36.9. The van der Waals surface area contributed by atoms with E-state index >= 15 is 0 Å². The number of aromatic nitrogens is 3. The van der Waals surface area contributed by atoms with Gasteiger partial charge in [-0.3, -0.25) is 24.0 Å². The van der Waals surface area contributed by atoms with E-state index in [9.17, 15) is 14.4 Å². The smallest absolute Gasteiger partial charge is 0.220 e. The largest absolute Gasteiger partial charge is 0.355 e. The Bertz CT molecular complexity index is 1930. The zero-order valence-electron chi connectivity index (χ0n) is 32.1. The lowest BCUT2D eigenvalue weighted by Gasteiger charge is -2.56. The Labute approximate surface area is 314 Å². The Kier molecular flexibility index (Phi) is 9.90. The number of hydrogen-bond donors (Lipinski definition) is 1. The number of benzene rings is 1. The summed E-state index contributed by atoms with van der Waals surface area (Å²) < 4.78 is 1.97. The van der Waals surface area contributed by atoms with Crippen molar-refractivity contribution in [1.29, 1.82) is 0 Å². The first-order valence-corrected chi connectivity index (χ1v) is 20.2. The van der Waals surface area contributed by atoms with E-state index in [0.717, 1.165) is 108 Å². The Balaban J connectivity index is 0.877. The number of allylic oxidation sites excluding steroid dienone is 4. The molecule has 6 aliphatic rings. The average Bonchev–Trinajstić information content (AvgIpc) is 3.55. The summed E-state index contributed by atoms with van der Waals surface area (Å²) in [6.07, 6.45) is 15.7. The van der Waals surface area contributed by atoms with Gasteiger partial charge in [-0.1, -0.05) is 11.6 Å². The van der Waals surface area contributed by atoms with Crippen molar-refractivity contribution in [2.24, 2.45) is 23.2 Å². The van der Waals surface area contributed by atoms with Gasteiger partial charge < -0.3 is 10.2 Å². The number of nitrogens with zero attached hydrogens (tertiary/aromatic N) is 5. The van der Waals surface area contributed by atoms with Gasteiger partial charge in [-0.25, -0.2) is 4.98 Å². The number of nitrogens with one attached hydrogen (secondary N) is 1. The number of piperazine rings is 1. The third-order valence-corrected chi connectivity index (χ3v) is 13.1. The van der Waals surface area contributed by atoms with Crippen molar-refractivity contribution in [2.75, 3.05) is 44.2 Å². The molecule has 5 aliphatic carbocycles. The Morgan fingerprint density at radius 2 is 1.66 bits per heavy atom. The van der Waals surface area contributed by atoms with Crippen LogP contribution in [-0.4, -0.2) is 76.4 Å². The monoisotopic (exact) mass is 716 g/mol. The zero-order valence-corrected chi connectivity index (χ0v) is 32.1. The van der Waals surface area contributed by atoms with Crippen molar-refractivity contribution in [3.8, 4) is 11.1 Å². The fraction of sp³-hybridized carbons (Fsp3) is 0.568. The summed E-state index contributed by atoms with van der Waals surface area (Å²) in [6, 6.07) is 8.41. The number of carbonyl (C=O) groups excluding carboxylic acids is 3. The molecule has 1 N–H and O–H groups in total. The number of carbonyl (C=O) groups is 3. The van der Waals surface area contributed by atoms with Gasteiger partial charge in [0.1, 0.15) is 5.82 Å². The molecular weight excluding hydrogens is 661 g/mol. The molecule has 1 amide bonds.